The number of benzene rings is 1. The molecular weight excluding hydrogens is 232 g/mol. The minimum atomic E-state index is -0.808. The molecule has 0 saturated heterocycles. The number of hydrogen-bond donors (Lipinski definition) is 3. The van der Waals surface area contributed by atoms with Crippen molar-refractivity contribution in [1.29, 1.82) is 0 Å². The molecule has 0 heterocycles. The Labute approximate surface area is 106 Å². The number of nitrogens with two attached hydrogens (primary N) is 1. The fourth-order valence-corrected chi connectivity index (χ4v) is 2.06. The van der Waals surface area contributed by atoms with Crippen molar-refractivity contribution in [1.82, 2.24) is 5.32 Å². The standard InChI is InChI=1S/C13H18N2O3/c14-9-13(17)6-11(7-13)15-12(16)18-8-10-4-2-1-3-5-10/h1-5,11,17H,6-9,14H2,(H,15,16)/t11-,13-. The molecular formula is C13H18N2O3. The van der Waals surface area contributed by atoms with Gasteiger partial charge in [-0.25, -0.2) is 4.79 Å². The predicted molar refractivity (Wildman–Crippen MR) is 66.8 cm³/mol. The van der Waals surface area contributed by atoms with E-state index in [2.05, 4.69) is 5.32 Å². The third kappa shape index (κ3) is 3.21. The highest BCUT2D eigenvalue weighted by Crippen LogP contribution is 2.30. The van der Waals surface area contributed by atoms with E-state index in [1.807, 2.05) is 30.3 Å². The van der Waals surface area contributed by atoms with Gasteiger partial charge in [0.05, 0.1) is 5.60 Å². The Morgan fingerprint density at radius 2 is 2.11 bits per heavy atom. The van der Waals surface area contributed by atoms with Gasteiger partial charge in [0.2, 0.25) is 0 Å². The summed E-state index contributed by atoms with van der Waals surface area (Å²) < 4.78 is 5.07. The first-order valence-electron chi connectivity index (χ1n) is 6.01. The number of carbonyl (C=O) groups is 1. The van der Waals surface area contributed by atoms with Gasteiger partial charge in [-0.3, -0.25) is 0 Å². The maximum atomic E-state index is 11.5. The summed E-state index contributed by atoms with van der Waals surface area (Å²) in [6.07, 6.45) is 0.524. The van der Waals surface area contributed by atoms with Crippen molar-refractivity contribution in [2.24, 2.45) is 5.73 Å². The van der Waals surface area contributed by atoms with Crippen LogP contribution in [-0.2, 0) is 11.3 Å². The summed E-state index contributed by atoms with van der Waals surface area (Å²) in [4.78, 5) is 11.5. The van der Waals surface area contributed by atoms with E-state index >= 15 is 0 Å². The summed E-state index contributed by atoms with van der Waals surface area (Å²) in [7, 11) is 0. The number of aliphatic hydroxyl groups is 1. The summed E-state index contributed by atoms with van der Waals surface area (Å²) >= 11 is 0. The first-order valence-corrected chi connectivity index (χ1v) is 6.01. The monoisotopic (exact) mass is 250 g/mol. The summed E-state index contributed by atoms with van der Waals surface area (Å²) in [5, 5.41) is 12.4. The molecule has 1 aliphatic carbocycles. The highest BCUT2D eigenvalue weighted by Gasteiger charge is 2.42. The highest BCUT2D eigenvalue weighted by atomic mass is 16.5. The van der Waals surface area contributed by atoms with Gasteiger partial charge in [0.25, 0.3) is 0 Å². The van der Waals surface area contributed by atoms with Crippen molar-refractivity contribution >= 4 is 6.09 Å². The van der Waals surface area contributed by atoms with E-state index in [0.29, 0.717) is 12.8 Å². The molecule has 0 spiro atoms. The predicted octanol–water partition coefficient (Wildman–Crippen LogP) is 0.765. The molecule has 4 N–H and O–H groups in total. The van der Waals surface area contributed by atoms with Crippen LogP contribution in [0.4, 0.5) is 4.79 Å². The van der Waals surface area contributed by atoms with Crippen molar-refractivity contribution in [2.75, 3.05) is 6.54 Å². The second-order valence-electron chi connectivity index (χ2n) is 4.74. The molecule has 5 nitrogen and oxygen atoms in total. The Morgan fingerprint density at radius 3 is 2.72 bits per heavy atom. The molecule has 0 atom stereocenters. The minimum absolute atomic E-state index is 0.0400. The number of rotatable bonds is 4. The summed E-state index contributed by atoms with van der Waals surface area (Å²) in [6, 6.07) is 9.44. The van der Waals surface area contributed by atoms with E-state index in [1.165, 1.54) is 0 Å². The average Bonchev–Trinajstić information content (AvgIpc) is 2.35. The number of ether oxygens (including phenoxy) is 1. The van der Waals surface area contributed by atoms with Gasteiger partial charge < -0.3 is 20.9 Å². The molecule has 0 radical (unpaired) electrons. The SMILES string of the molecule is NC[C@]1(O)C[C@H](NC(=O)OCc2ccccc2)C1. The zero-order valence-corrected chi connectivity index (χ0v) is 10.1. The van der Waals surface area contributed by atoms with Gasteiger partial charge in [-0.05, 0) is 18.4 Å². The lowest BCUT2D eigenvalue weighted by Crippen LogP contribution is -2.58. The van der Waals surface area contributed by atoms with Crippen molar-refractivity contribution in [3.8, 4) is 0 Å². The number of amides is 1. The van der Waals surface area contributed by atoms with Crippen LogP contribution in [0.25, 0.3) is 0 Å². The minimum Gasteiger partial charge on any atom is -0.445 e. The van der Waals surface area contributed by atoms with E-state index < -0.39 is 11.7 Å². The molecule has 98 valence electrons. The van der Waals surface area contributed by atoms with Crippen LogP contribution in [0.3, 0.4) is 0 Å². The van der Waals surface area contributed by atoms with Gasteiger partial charge in [0.15, 0.2) is 0 Å². The van der Waals surface area contributed by atoms with Crippen LogP contribution in [0.5, 0.6) is 0 Å². The summed E-state index contributed by atoms with van der Waals surface area (Å²) in [6.45, 7) is 0.477. The second-order valence-corrected chi connectivity index (χ2v) is 4.74. The van der Waals surface area contributed by atoms with Gasteiger partial charge in [-0.1, -0.05) is 30.3 Å². The lowest BCUT2D eigenvalue weighted by molar-refractivity contribution is -0.0464. The number of nitrogens with one attached hydrogen (secondary N) is 1. The first kappa shape index (κ1) is 12.9. The summed E-state index contributed by atoms with van der Waals surface area (Å²) in [5.41, 5.74) is 5.54. The van der Waals surface area contributed by atoms with Crippen molar-refractivity contribution in [2.45, 2.75) is 31.1 Å². The van der Waals surface area contributed by atoms with Crippen LogP contribution in [-0.4, -0.2) is 29.4 Å². The molecule has 1 amide bonds. The zero-order chi connectivity index (χ0) is 13.0. The molecule has 2 rings (SSSR count). The largest absolute Gasteiger partial charge is 0.445 e. The van der Waals surface area contributed by atoms with Gasteiger partial charge in [-0.2, -0.15) is 0 Å². The van der Waals surface area contributed by atoms with Crippen LogP contribution in [0.2, 0.25) is 0 Å². The number of alkyl carbamates (subject to hydrolysis) is 1. The van der Waals surface area contributed by atoms with Crippen molar-refractivity contribution < 1.29 is 14.6 Å². The Balaban J connectivity index is 1.68. The Kier molecular flexibility index (Phi) is 3.84. The molecule has 0 unspecified atom stereocenters. The number of hydrogen-bond acceptors (Lipinski definition) is 4. The fraction of sp³-hybridized carbons (Fsp3) is 0.462. The molecule has 1 aromatic rings. The fourth-order valence-electron chi connectivity index (χ4n) is 2.06. The summed E-state index contributed by atoms with van der Waals surface area (Å²) in [5.74, 6) is 0. The highest BCUT2D eigenvalue weighted by molar-refractivity contribution is 5.67. The van der Waals surface area contributed by atoms with Gasteiger partial charge in [-0.15, -0.1) is 0 Å². The van der Waals surface area contributed by atoms with Gasteiger partial charge in [0.1, 0.15) is 6.61 Å². The topological polar surface area (TPSA) is 84.6 Å². The van der Waals surface area contributed by atoms with E-state index in [0.717, 1.165) is 5.56 Å². The molecule has 0 bridgehead atoms. The Hall–Kier alpha value is -1.59. The normalized spacial score (nSPS) is 26.2. The van der Waals surface area contributed by atoms with E-state index in [9.17, 15) is 9.90 Å². The van der Waals surface area contributed by atoms with Crippen LogP contribution >= 0.6 is 0 Å². The molecule has 1 fully saturated rings. The van der Waals surface area contributed by atoms with E-state index in [-0.39, 0.29) is 19.2 Å². The third-order valence-corrected chi connectivity index (χ3v) is 3.17. The third-order valence-electron chi connectivity index (χ3n) is 3.17. The smallest absolute Gasteiger partial charge is 0.407 e. The van der Waals surface area contributed by atoms with E-state index in [1.54, 1.807) is 0 Å². The van der Waals surface area contributed by atoms with Crippen LogP contribution in [0, 0.1) is 0 Å². The quantitative estimate of drug-likeness (QED) is 0.736. The molecule has 1 aliphatic rings. The lowest BCUT2D eigenvalue weighted by Gasteiger charge is -2.42. The second kappa shape index (κ2) is 5.37. The molecule has 5 heteroatoms. The van der Waals surface area contributed by atoms with Gasteiger partial charge >= 0.3 is 6.09 Å². The average molecular weight is 250 g/mol. The number of carbonyl (C=O) groups excluding carboxylic acids is 1. The Morgan fingerprint density at radius 1 is 1.44 bits per heavy atom. The lowest BCUT2D eigenvalue weighted by atomic mass is 9.76. The van der Waals surface area contributed by atoms with E-state index in [4.69, 9.17) is 10.5 Å². The van der Waals surface area contributed by atoms with Crippen molar-refractivity contribution in [3.05, 3.63) is 35.9 Å². The molecule has 1 aromatic carbocycles. The molecule has 0 aliphatic heterocycles. The van der Waals surface area contributed by atoms with Crippen molar-refractivity contribution in [3.63, 3.8) is 0 Å². The maximum absolute atomic E-state index is 11.5. The first-order chi connectivity index (χ1) is 8.61. The van der Waals surface area contributed by atoms with Crippen LogP contribution < -0.4 is 11.1 Å². The Bertz CT molecular complexity index is 402. The van der Waals surface area contributed by atoms with Crippen LogP contribution in [0.1, 0.15) is 18.4 Å². The maximum Gasteiger partial charge on any atom is 0.407 e. The van der Waals surface area contributed by atoms with Gasteiger partial charge in [0, 0.05) is 12.6 Å². The molecule has 18 heavy (non-hydrogen) atoms. The molecule has 0 aromatic heterocycles. The molecule has 1 saturated carbocycles. The van der Waals surface area contributed by atoms with Crippen LogP contribution in [0.15, 0.2) is 30.3 Å². The zero-order valence-electron chi connectivity index (χ0n) is 10.1.